The smallest absolute Gasteiger partial charge is 0.269 e. The van der Waals surface area contributed by atoms with Gasteiger partial charge in [-0.1, -0.05) is 16.8 Å². The van der Waals surface area contributed by atoms with Gasteiger partial charge in [0.2, 0.25) is 0 Å². The van der Waals surface area contributed by atoms with Gasteiger partial charge < -0.3 is 14.2 Å². The molecule has 3 aromatic heterocycles. The molecule has 1 aliphatic heterocycles. The molecule has 0 unspecified atom stereocenters. The number of pyridine rings is 1. The van der Waals surface area contributed by atoms with Gasteiger partial charge in [-0.15, -0.1) is 0 Å². The molecule has 4 heterocycles. The molecule has 0 spiro atoms. The van der Waals surface area contributed by atoms with Crippen LogP contribution in [-0.2, 0) is 11.3 Å². The summed E-state index contributed by atoms with van der Waals surface area (Å²) in [6.07, 6.45) is 3.48. The van der Waals surface area contributed by atoms with Crippen molar-refractivity contribution >= 4 is 17.3 Å². The molecule has 3 aromatic rings. The highest BCUT2D eigenvalue weighted by Gasteiger charge is 2.23. The van der Waals surface area contributed by atoms with Crippen LogP contribution in [0.15, 0.2) is 39.9 Å². The molecule has 9 heteroatoms. The quantitative estimate of drug-likeness (QED) is 0.647. The van der Waals surface area contributed by atoms with Crippen LogP contribution < -0.4 is 10.5 Å². The minimum absolute atomic E-state index is 0.107. The molecule has 0 N–H and O–H groups in total. The van der Waals surface area contributed by atoms with Crippen molar-refractivity contribution in [3.8, 4) is 11.4 Å². The van der Waals surface area contributed by atoms with Crippen LogP contribution in [0.4, 0.5) is 5.69 Å². The molecule has 29 heavy (non-hydrogen) atoms. The van der Waals surface area contributed by atoms with Crippen molar-refractivity contribution < 1.29 is 9.26 Å². The number of hydrogen-bond acceptors (Lipinski definition) is 7. The van der Waals surface area contributed by atoms with Gasteiger partial charge in [-0.25, -0.2) is 4.68 Å². The lowest BCUT2D eigenvalue weighted by Crippen LogP contribution is -2.46. The van der Waals surface area contributed by atoms with E-state index in [0.29, 0.717) is 22.2 Å². The minimum atomic E-state index is -0.190. The molecule has 0 aromatic carbocycles. The van der Waals surface area contributed by atoms with Gasteiger partial charge in [0.25, 0.3) is 5.56 Å². The molecule has 0 radical (unpaired) electrons. The molecule has 1 aliphatic rings. The lowest BCUT2D eigenvalue weighted by molar-refractivity contribution is -0.00525. The summed E-state index contributed by atoms with van der Waals surface area (Å²) >= 11 is 5.92. The summed E-state index contributed by atoms with van der Waals surface area (Å²) < 4.78 is 12.5. The van der Waals surface area contributed by atoms with Crippen LogP contribution in [0.3, 0.4) is 0 Å². The van der Waals surface area contributed by atoms with Crippen LogP contribution in [0.2, 0.25) is 5.02 Å². The van der Waals surface area contributed by atoms with Crippen molar-refractivity contribution in [1.29, 1.82) is 0 Å². The van der Waals surface area contributed by atoms with E-state index in [0.717, 1.165) is 24.3 Å². The second kappa shape index (κ2) is 7.96. The Morgan fingerprint density at radius 1 is 1.21 bits per heavy atom. The number of aryl methyl sites for hydroxylation is 1. The van der Waals surface area contributed by atoms with E-state index in [9.17, 15) is 4.79 Å². The summed E-state index contributed by atoms with van der Waals surface area (Å²) in [6, 6.07) is 5.12. The van der Waals surface area contributed by atoms with Gasteiger partial charge >= 0.3 is 0 Å². The third kappa shape index (κ3) is 4.18. The number of morpholine rings is 1. The van der Waals surface area contributed by atoms with Crippen molar-refractivity contribution in [3.63, 3.8) is 0 Å². The van der Waals surface area contributed by atoms with Crippen LogP contribution in [0, 0.1) is 6.92 Å². The van der Waals surface area contributed by atoms with E-state index in [2.05, 4.69) is 20.1 Å². The Hall–Kier alpha value is -2.71. The number of hydrogen-bond donors (Lipinski definition) is 0. The van der Waals surface area contributed by atoms with E-state index in [-0.39, 0.29) is 24.3 Å². The summed E-state index contributed by atoms with van der Waals surface area (Å²) in [6.45, 7) is 7.55. The average molecular weight is 416 g/mol. The zero-order valence-corrected chi connectivity index (χ0v) is 17.3. The highest BCUT2D eigenvalue weighted by atomic mass is 35.5. The molecular weight excluding hydrogens is 394 g/mol. The summed E-state index contributed by atoms with van der Waals surface area (Å²) in [5, 5.41) is 9.02. The normalized spacial score (nSPS) is 19.5. The number of rotatable bonds is 4. The molecule has 152 valence electrons. The van der Waals surface area contributed by atoms with E-state index in [1.54, 1.807) is 37.5 Å². The van der Waals surface area contributed by atoms with E-state index in [1.807, 2.05) is 13.8 Å². The number of halogens is 1. The van der Waals surface area contributed by atoms with Crippen LogP contribution in [0.5, 0.6) is 0 Å². The molecule has 0 saturated carbocycles. The summed E-state index contributed by atoms with van der Waals surface area (Å²) in [5.41, 5.74) is 2.57. The molecule has 0 amide bonds. The van der Waals surface area contributed by atoms with Gasteiger partial charge in [0.1, 0.15) is 11.5 Å². The monoisotopic (exact) mass is 415 g/mol. The maximum atomic E-state index is 12.7. The first kappa shape index (κ1) is 19.6. The van der Waals surface area contributed by atoms with Crippen molar-refractivity contribution in [2.75, 3.05) is 18.0 Å². The molecule has 0 bridgehead atoms. The topological polar surface area (TPSA) is 86.3 Å². The Morgan fingerprint density at radius 3 is 2.62 bits per heavy atom. The van der Waals surface area contributed by atoms with Crippen molar-refractivity contribution in [3.05, 3.63) is 57.3 Å². The molecule has 1 fully saturated rings. The fraction of sp³-hybridized carbons (Fsp3) is 0.400. The molecule has 2 atom stereocenters. The van der Waals surface area contributed by atoms with E-state index >= 15 is 0 Å². The molecular formula is C20H22ClN5O3. The lowest BCUT2D eigenvalue weighted by Gasteiger charge is -2.36. The predicted molar refractivity (Wildman–Crippen MR) is 109 cm³/mol. The maximum absolute atomic E-state index is 12.7. The Morgan fingerprint density at radius 2 is 1.97 bits per heavy atom. The molecule has 0 aliphatic carbocycles. The highest BCUT2D eigenvalue weighted by molar-refractivity contribution is 6.30. The van der Waals surface area contributed by atoms with Gasteiger partial charge in [0.05, 0.1) is 41.4 Å². The highest BCUT2D eigenvalue weighted by Crippen LogP contribution is 2.25. The third-order valence-electron chi connectivity index (χ3n) is 4.90. The van der Waals surface area contributed by atoms with Gasteiger partial charge in [0, 0.05) is 30.9 Å². The lowest BCUT2D eigenvalue weighted by atomic mass is 10.1. The SMILES string of the molecule is Cc1onc(-c2ccc(Cl)cn2)c1Cn1ncc(N2C[C@@H](C)O[C@@H](C)C2)cc1=O. The van der Waals surface area contributed by atoms with Crippen LogP contribution >= 0.6 is 11.6 Å². The van der Waals surface area contributed by atoms with Gasteiger partial charge in [-0.2, -0.15) is 5.10 Å². The largest absolute Gasteiger partial charge is 0.372 e. The number of aromatic nitrogens is 4. The Bertz CT molecular complexity index is 1050. The van der Waals surface area contributed by atoms with Gasteiger partial charge in [0.15, 0.2) is 0 Å². The first-order chi connectivity index (χ1) is 13.9. The Balaban J connectivity index is 1.60. The van der Waals surface area contributed by atoms with Crippen LogP contribution in [0.1, 0.15) is 25.2 Å². The minimum Gasteiger partial charge on any atom is -0.372 e. The number of nitrogens with zero attached hydrogens (tertiary/aromatic N) is 5. The predicted octanol–water partition coefficient (Wildman–Crippen LogP) is 2.92. The summed E-state index contributed by atoms with van der Waals surface area (Å²) in [7, 11) is 0. The zero-order chi connectivity index (χ0) is 20.5. The van der Waals surface area contributed by atoms with Crippen LogP contribution in [0.25, 0.3) is 11.4 Å². The fourth-order valence-corrected chi connectivity index (χ4v) is 3.66. The van der Waals surface area contributed by atoms with E-state index in [1.165, 1.54) is 4.68 Å². The average Bonchev–Trinajstić information content (AvgIpc) is 3.04. The summed E-state index contributed by atoms with van der Waals surface area (Å²) in [4.78, 5) is 19.2. The van der Waals surface area contributed by atoms with Crippen LogP contribution in [-0.4, -0.2) is 45.2 Å². The zero-order valence-electron chi connectivity index (χ0n) is 16.5. The second-order valence-corrected chi connectivity index (χ2v) is 7.74. The van der Waals surface area contributed by atoms with Gasteiger partial charge in [-0.3, -0.25) is 9.78 Å². The first-order valence-corrected chi connectivity index (χ1v) is 9.83. The fourth-order valence-electron chi connectivity index (χ4n) is 3.55. The van der Waals surface area contributed by atoms with Gasteiger partial charge in [-0.05, 0) is 32.9 Å². The number of ether oxygens (including phenoxy) is 1. The van der Waals surface area contributed by atoms with Crippen molar-refractivity contribution in [2.45, 2.75) is 39.5 Å². The molecule has 4 rings (SSSR count). The summed E-state index contributed by atoms with van der Waals surface area (Å²) in [5.74, 6) is 0.616. The Kier molecular flexibility index (Phi) is 5.38. The van der Waals surface area contributed by atoms with Crippen molar-refractivity contribution in [1.82, 2.24) is 19.9 Å². The third-order valence-corrected chi connectivity index (χ3v) is 5.13. The number of anilines is 1. The standard InChI is InChI=1S/C20H22ClN5O3/c1-12-9-25(10-13(2)28-12)16-6-19(27)26(23-8-16)11-17-14(3)29-24-20(17)18-5-4-15(21)7-22-18/h4-8,12-13H,9-11H2,1-3H3/t12-,13+. The van der Waals surface area contributed by atoms with E-state index in [4.69, 9.17) is 20.9 Å². The van der Waals surface area contributed by atoms with E-state index < -0.39 is 0 Å². The first-order valence-electron chi connectivity index (χ1n) is 9.45. The second-order valence-electron chi connectivity index (χ2n) is 7.30. The Labute approximate surface area is 173 Å². The maximum Gasteiger partial charge on any atom is 0.269 e. The molecule has 8 nitrogen and oxygen atoms in total. The molecule has 1 saturated heterocycles. The van der Waals surface area contributed by atoms with Crippen molar-refractivity contribution in [2.24, 2.45) is 0 Å².